The van der Waals surface area contributed by atoms with Crippen LogP contribution in [0.25, 0.3) is 33.6 Å². The summed E-state index contributed by atoms with van der Waals surface area (Å²) in [5.74, 6) is 0. The number of hydrogen-bond donors (Lipinski definition) is 0. The van der Waals surface area contributed by atoms with Crippen molar-refractivity contribution in [2.45, 2.75) is 0 Å². The predicted molar refractivity (Wildman–Crippen MR) is 116 cm³/mol. The van der Waals surface area contributed by atoms with E-state index in [2.05, 4.69) is 12.1 Å². The van der Waals surface area contributed by atoms with E-state index in [0.29, 0.717) is 15.1 Å². The van der Waals surface area contributed by atoms with Crippen LogP contribution in [0.15, 0.2) is 84.9 Å². The van der Waals surface area contributed by atoms with Crippen molar-refractivity contribution in [1.29, 1.82) is 0 Å². The molecule has 0 unspecified atom stereocenters. The number of rotatable bonds is 3. The first-order chi connectivity index (χ1) is 13.1. The van der Waals surface area contributed by atoms with Crippen LogP contribution in [0.3, 0.4) is 0 Å². The van der Waals surface area contributed by atoms with Gasteiger partial charge in [0.15, 0.2) is 0 Å². The molecule has 4 heteroatoms. The van der Waals surface area contributed by atoms with Crippen molar-refractivity contribution in [3.8, 4) is 33.6 Å². The van der Waals surface area contributed by atoms with Gasteiger partial charge in [0.05, 0.1) is 11.4 Å². The monoisotopic (exact) mass is 409 g/mol. The maximum Gasteiger partial charge on any atom is 0.0715 e. The Morgan fingerprint density at radius 1 is 0.407 bits per heavy atom. The highest BCUT2D eigenvalue weighted by atomic mass is 35.5. The lowest BCUT2D eigenvalue weighted by molar-refractivity contribution is 1.32. The third-order valence-corrected chi connectivity index (χ3v) is 5.04. The maximum atomic E-state index is 6.05. The van der Waals surface area contributed by atoms with Gasteiger partial charge >= 0.3 is 0 Å². The van der Waals surface area contributed by atoms with Crippen molar-refractivity contribution in [1.82, 2.24) is 4.98 Å². The van der Waals surface area contributed by atoms with E-state index < -0.39 is 0 Å². The second-order valence-electron chi connectivity index (χ2n) is 6.15. The van der Waals surface area contributed by atoms with Crippen molar-refractivity contribution < 1.29 is 0 Å². The molecular weight excluding hydrogens is 397 g/mol. The van der Waals surface area contributed by atoms with Crippen LogP contribution in [0.5, 0.6) is 0 Å². The molecule has 1 heterocycles. The number of aromatic nitrogens is 1. The van der Waals surface area contributed by atoms with Gasteiger partial charge in [0.25, 0.3) is 0 Å². The molecule has 0 aliphatic heterocycles. The lowest BCUT2D eigenvalue weighted by Gasteiger charge is -2.11. The Hall–Kier alpha value is -2.32. The highest BCUT2D eigenvalue weighted by Crippen LogP contribution is 2.31. The van der Waals surface area contributed by atoms with Crippen LogP contribution < -0.4 is 0 Å². The Kier molecular flexibility index (Phi) is 5.18. The van der Waals surface area contributed by atoms with E-state index in [1.807, 2.05) is 72.8 Å². The van der Waals surface area contributed by atoms with Crippen molar-refractivity contribution in [2.24, 2.45) is 0 Å². The van der Waals surface area contributed by atoms with Gasteiger partial charge in [0.1, 0.15) is 0 Å². The van der Waals surface area contributed by atoms with Crippen molar-refractivity contribution in [3.05, 3.63) is 100.0 Å². The summed E-state index contributed by atoms with van der Waals surface area (Å²) in [6, 6.07) is 27.3. The van der Waals surface area contributed by atoms with Crippen molar-refractivity contribution in [3.63, 3.8) is 0 Å². The first-order valence-electron chi connectivity index (χ1n) is 8.38. The van der Waals surface area contributed by atoms with Gasteiger partial charge in [0, 0.05) is 26.2 Å². The number of benzene rings is 3. The van der Waals surface area contributed by atoms with Crippen molar-refractivity contribution in [2.75, 3.05) is 0 Å². The fraction of sp³-hybridized carbons (Fsp3) is 0. The first-order valence-corrected chi connectivity index (χ1v) is 9.52. The molecule has 3 aromatic carbocycles. The maximum absolute atomic E-state index is 6.05. The zero-order valence-electron chi connectivity index (χ0n) is 14.2. The Morgan fingerprint density at radius 3 is 1.11 bits per heavy atom. The molecule has 4 rings (SSSR count). The topological polar surface area (TPSA) is 12.9 Å². The van der Waals surface area contributed by atoms with Crippen LogP contribution in [0, 0.1) is 0 Å². The summed E-state index contributed by atoms with van der Waals surface area (Å²) in [4.78, 5) is 4.86. The number of pyridine rings is 1. The average Bonchev–Trinajstić information content (AvgIpc) is 2.69. The Labute approximate surface area is 173 Å². The lowest BCUT2D eigenvalue weighted by atomic mass is 10.00. The third kappa shape index (κ3) is 4.17. The summed E-state index contributed by atoms with van der Waals surface area (Å²) in [7, 11) is 0. The first kappa shape index (κ1) is 18.1. The summed E-state index contributed by atoms with van der Waals surface area (Å²) in [5, 5.41) is 2.11. The average molecular weight is 411 g/mol. The van der Waals surface area contributed by atoms with Crippen LogP contribution in [0.1, 0.15) is 0 Å². The molecule has 0 saturated carbocycles. The number of nitrogens with zero attached hydrogens (tertiary/aromatic N) is 1. The summed E-state index contributed by atoms with van der Waals surface area (Å²) in [5.41, 5.74) is 5.91. The molecule has 4 aromatic rings. The van der Waals surface area contributed by atoms with E-state index in [0.717, 1.165) is 33.6 Å². The number of halogens is 3. The van der Waals surface area contributed by atoms with Crippen LogP contribution in [-0.4, -0.2) is 4.98 Å². The molecule has 0 N–H and O–H groups in total. The largest absolute Gasteiger partial charge is 0.248 e. The van der Waals surface area contributed by atoms with Gasteiger partial charge in [-0.2, -0.15) is 0 Å². The summed E-state index contributed by atoms with van der Waals surface area (Å²) < 4.78 is 0. The van der Waals surface area contributed by atoms with Crippen molar-refractivity contribution >= 4 is 34.8 Å². The third-order valence-electron chi connectivity index (χ3n) is 4.28. The highest BCUT2D eigenvalue weighted by molar-refractivity contribution is 6.31. The fourth-order valence-corrected chi connectivity index (χ4v) is 3.25. The molecular formula is C23H14Cl3N. The van der Waals surface area contributed by atoms with Gasteiger partial charge in [-0.15, -0.1) is 0 Å². The van der Waals surface area contributed by atoms with Gasteiger partial charge < -0.3 is 0 Å². The molecule has 0 aliphatic rings. The van der Waals surface area contributed by atoms with Crippen LogP contribution in [0.4, 0.5) is 0 Å². The second kappa shape index (κ2) is 7.74. The normalized spacial score (nSPS) is 10.8. The van der Waals surface area contributed by atoms with Crippen LogP contribution in [0.2, 0.25) is 15.1 Å². The zero-order valence-corrected chi connectivity index (χ0v) is 16.4. The molecule has 0 amide bonds. The van der Waals surface area contributed by atoms with Crippen LogP contribution in [-0.2, 0) is 0 Å². The molecule has 0 radical (unpaired) electrons. The highest BCUT2D eigenvalue weighted by Gasteiger charge is 2.09. The van der Waals surface area contributed by atoms with Gasteiger partial charge in [-0.25, -0.2) is 4.98 Å². The molecule has 27 heavy (non-hydrogen) atoms. The van der Waals surface area contributed by atoms with E-state index >= 15 is 0 Å². The van der Waals surface area contributed by atoms with Gasteiger partial charge in [-0.1, -0.05) is 71.2 Å². The molecule has 0 bridgehead atoms. The minimum atomic E-state index is 0.700. The van der Waals surface area contributed by atoms with Crippen LogP contribution >= 0.6 is 34.8 Å². The summed E-state index contributed by atoms with van der Waals surface area (Å²) in [6.07, 6.45) is 0. The van der Waals surface area contributed by atoms with E-state index in [1.165, 1.54) is 0 Å². The Morgan fingerprint density at radius 2 is 0.741 bits per heavy atom. The van der Waals surface area contributed by atoms with E-state index in [-0.39, 0.29) is 0 Å². The standard InChI is InChI=1S/C23H14Cl3N/c24-19-7-1-15(2-8-19)18-13-22(16-3-9-20(25)10-4-16)27-23(14-18)17-5-11-21(26)12-6-17/h1-14H. The molecule has 1 aromatic heterocycles. The molecule has 132 valence electrons. The zero-order chi connectivity index (χ0) is 18.8. The quantitative estimate of drug-likeness (QED) is 0.333. The molecule has 0 fully saturated rings. The SMILES string of the molecule is Clc1ccc(-c2cc(-c3ccc(Cl)cc3)nc(-c3ccc(Cl)cc3)c2)cc1. The minimum absolute atomic E-state index is 0.700. The lowest BCUT2D eigenvalue weighted by Crippen LogP contribution is -1.91. The fourth-order valence-electron chi connectivity index (χ4n) is 2.88. The van der Waals surface area contributed by atoms with Gasteiger partial charge in [-0.05, 0) is 59.7 Å². The van der Waals surface area contributed by atoms with E-state index in [1.54, 1.807) is 0 Å². The van der Waals surface area contributed by atoms with E-state index in [9.17, 15) is 0 Å². The predicted octanol–water partition coefficient (Wildman–Crippen LogP) is 8.04. The Bertz CT molecular complexity index is 916. The molecule has 0 spiro atoms. The summed E-state index contributed by atoms with van der Waals surface area (Å²) in [6.45, 7) is 0. The van der Waals surface area contributed by atoms with Gasteiger partial charge in [-0.3, -0.25) is 0 Å². The Balaban J connectivity index is 1.89. The summed E-state index contributed by atoms with van der Waals surface area (Å²) >= 11 is 18.1. The number of hydrogen-bond acceptors (Lipinski definition) is 1. The molecule has 0 aliphatic carbocycles. The smallest absolute Gasteiger partial charge is 0.0715 e. The van der Waals surface area contributed by atoms with Gasteiger partial charge in [0.2, 0.25) is 0 Å². The minimum Gasteiger partial charge on any atom is -0.248 e. The second-order valence-corrected chi connectivity index (χ2v) is 7.46. The molecule has 1 nitrogen and oxygen atoms in total. The molecule has 0 atom stereocenters. The molecule has 0 saturated heterocycles. The van der Waals surface area contributed by atoms with E-state index in [4.69, 9.17) is 39.8 Å².